The van der Waals surface area contributed by atoms with Gasteiger partial charge >= 0.3 is 0 Å². The molecule has 2 aromatic carbocycles. The van der Waals surface area contributed by atoms with Gasteiger partial charge in [-0.2, -0.15) is 4.31 Å². The highest BCUT2D eigenvalue weighted by molar-refractivity contribution is 7.89. The van der Waals surface area contributed by atoms with Crippen molar-refractivity contribution in [3.8, 4) is 0 Å². The molecule has 3 rings (SSSR count). The Morgan fingerprint density at radius 3 is 2.33 bits per heavy atom. The van der Waals surface area contributed by atoms with Gasteiger partial charge in [0.2, 0.25) is 15.9 Å². The number of carbonyl (C=O) groups excluding carboxylic acids is 1. The smallest absolute Gasteiger partial charge is 0.243 e. The van der Waals surface area contributed by atoms with Crippen molar-refractivity contribution in [3.05, 3.63) is 58.6 Å². The van der Waals surface area contributed by atoms with E-state index in [1.165, 1.54) is 10.4 Å². The molecule has 8 heteroatoms. The number of aryl methyl sites for hydroxylation is 1. The molecule has 1 fully saturated rings. The minimum absolute atomic E-state index is 0.0492. The van der Waals surface area contributed by atoms with E-state index in [1.807, 2.05) is 26.0 Å². The molecule has 0 radical (unpaired) electrons. The van der Waals surface area contributed by atoms with Gasteiger partial charge in [0.15, 0.2) is 0 Å². The summed E-state index contributed by atoms with van der Waals surface area (Å²) in [4.78, 5) is 13.3. The molecular weight excluding hydrogens is 424 g/mol. The topological polar surface area (TPSA) is 75.7 Å². The number of carbonyl (C=O) groups is 1. The number of benzene rings is 2. The zero-order valence-electron chi connectivity index (χ0n) is 17.4. The lowest BCUT2D eigenvalue weighted by Gasteiger charge is -2.27. The van der Waals surface area contributed by atoms with Crippen molar-refractivity contribution in [1.29, 1.82) is 0 Å². The summed E-state index contributed by atoms with van der Waals surface area (Å²) in [5.41, 5.74) is 1.95. The zero-order chi connectivity index (χ0) is 21.9. The largest absolute Gasteiger partial charge is 0.379 e. The second-order valence-corrected chi connectivity index (χ2v) is 10.1. The van der Waals surface area contributed by atoms with Crippen LogP contribution < -0.4 is 5.32 Å². The lowest BCUT2D eigenvalue weighted by molar-refractivity contribution is -0.118. The van der Waals surface area contributed by atoms with Crippen LogP contribution in [-0.4, -0.2) is 44.9 Å². The monoisotopic (exact) mass is 450 g/mol. The summed E-state index contributed by atoms with van der Waals surface area (Å²) in [5.74, 6) is -0.526. The average Bonchev–Trinajstić information content (AvgIpc) is 2.71. The van der Waals surface area contributed by atoms with Crippen molar-refractivity contribution in [2.75, 3.05) is 31.6 Å². The average molecular weight is 451 g/mol. The third-order valence-electron chi connectivity index (χ3n) is 5.22. The molecule has 1 heterocycles. The Morgan fingerprint density at radius 2 is 1.73 bits per heavy atom. The van der Waals surface area contributed by atoms with Gasteiger partial charge < -0.3 is 10.1 Å². The van der Waals surface area contributed by atoms with Crippen LogP contribution in [0.15, 0.2) is 47.4 Å². The Balaban J connectivity index is 1.86. The van der Waals surface area contributed by atoms with Crippen LogP contribution in [0.5, 0.6) is 0 Å². The lowest BCUT2D eigenvalue weighted by Crippen LogP contribution is -2.40. The first-order valence-electron chi connectivity index (χ1n) is 9.95. The number of amides is 1. The number of rotatable bonds is 6. The molecule has 0 bridgehead atoms. The minimum atomic E-state index is -3.66. The molecule has 1 aliphatic heterocycles. The summed E-state index contributed by atoms with van der Waals surface area (Å²) in [6.07, 6.45) is 0. The van der Waals surface area contributed by atoms with Gasteiger partial charge in [-0.1, -0.05) is 43.6 Å². The van der Waals surface area contributed by atoms with Gasteiger partial charge in [-0.25, -0.2) is 8.42 Å². The van der Waals surface area contributed by atoms with Gasteiger partial charge in [-0.15, -0.1) is 0 Å². The molecular formula is C22H27ClN2O4S. The first-order valence-corrected chi connectivity index (χ1v) is 11.8. The third-order valence-corrected chi connectivity index (χ3v) is 7.51. The van der Waals surface area contributed by atoms with Crippen molar-refractivity contribution in [2.45, 2.75) is 31.6 Å². The van der Waals surface area contributed by atoms with Crippen molar-refractivity contribution in [1.82, 2.24) is 4.31 Å². The first-order chi connectivity index (χ1) is 14.2. The van der Waals surface area contributed by atoms with Crippen LogP contribution in [0.4, 0.5) is 5.69 Å². The van der Waals surface area contributed by atoms with Crippen LogP contribution in [0.1, 0.15) is 30.9 Å². The van der Waals surface area contributed by atoms with E-state index in [-0.39, 0.29) is 22.6 Å². The highest BCUT2D eigenvalue weighted by Crippen LogP contribution is 2.29. The zero-order valence-corrected chi connectivity index (χ0v) is 19.0. The molecule has 1 aliphatic rings. The maximum Gasteiger partial charge on any atom is 0.243 e. The lowest BCUT2D eigenvalue weighted by atomic mass is 9.87. The minimum Gasteiger partial charge on any atom is -0.379 e. The van der Waals surface area contributed by atoms with E-state index in [0.717, 1.165) is 5.56 Å². The third kappa shape index (κ3) is 5.03. The number of hydrogen-bond donors (Lipinski definition) is 1. The van der Waals surface area contributed by atoms with Crippen LogP contribution in [0, 0.1) is 12.8 Å². The Labute approximate surface area is 183 Å². The number of anilines is 1. The molecule has 30 heavy (non-hydrogen) atoms. The highest BCUT2D eigenvalue weighted by atomic mass is 35.5. The molecule has 0 unspecified atom stereocenters. The van der Waals surface area contributed by atoms with E-state index >= 15 is 0 Å². The molecule has 162 valence electrons. The number of sulfonamides is 1. The van der Waals surface area contributed by atoms with E-state index in [0.29, 0.717) is 42.6 Å². The maximum atomic E-state index is 13.1. The molecule has 2 aromatic rings. The van der Waals surface area contributed by atoms with Gasteiger partial charge in [0, 0.05) is 23.8 Å². The summed E-state index contributed by atoms with van der Waals surface area (Å²) < 4.78 is 32.9. The van der Waals surface area contributed by atoms with E-state index in [1.54, 1.807) is 31.2 Å². The maximum absolute atomic E-state index is 13.1. The van der Waals surface area contributed by atoms with Crippen LogP contribution in [0.25, 0.3) is 0 Å². The summed E-state index contributed by atoms with van der Waals surface area (Å²) in [7, 11) is -3.66. The Kier molecular flexibility index (Phi) is 7.18. The van der Waals surface area contributed by atoms with Crippen molar-refractivity contribution >= 4 is 33.2 Å². The molecule has 0 aromatic heterocycles. The van der Waals surface area contributed by atoms with E-state index in [9.17, 15) is 13.2 Å². The predicted octanol–water partition coefficient (Wildman–Crippen LogP) is 4.05. The van der Waals surface area contributed by atoms with Crippen molar-refractivity contribution < 1.29 is 17.9 Å². The van der Waals surface area contributed by atoms with Crippen LogP contribution in [0.3, 0.4) is 0 Å². The molecule has 1 N–H and O–H groups in total. The predicted molar refractivity (Wildman–Crippen MR) is 118 cm³/mol. The summed E-state index contributed by atoms with van der Waals surface area (Å²) in [6, 6.07) is 12.2. The van der Waals surface area contributed by atoms with Gasteiger partial charge in [-0.05, 0) is 48.2 Å². The quantitative estimate of drug-likeness (QED) is 0.720. The van der Waals surface area contributed by atoms with Crippen LogP contribution in [-0.2, 0) is 19.6 Å². The fraction of sp³-hybridized carbons (Fsp3) is 0.409. The Morgan fingerprint density at radius 1 is 1.10 bits per heavy atom. The van der Waals surface area contributed by atoms with E-state index in [4.69, 9.17) is 16.3 Å². The van der Waals surface area contributed by atoms with E-state index < -0.39 is 10.0 Å². The number of nitrogens with one attached hydrogen (secondary N) is 1. The van der Waals surface area contributed by atoms with Gasteiger partial charge in [0.25, 0.3) is 0 Å². The fourth-order valence-electron chi connectivity index (χ4n) is 3.61. The number of halogens is 1. The first kappa shape index (κ1) is 22.7. The van der Waals surface area contributed by atoms with Gasteiger partial charge in [0.05, 0.1) is 24.0 Å². The highest BCUT2D eigenvalue weighted by Gasteiger charge is 2.29. The molecule has 1 saturated heterocycles. The van der Waals surface area contributed by atoms with Gasteiger partial charge in [0.1, 0.15) is 0 Å². The Bertz CT molecular complexity index is 1000. The number of ether oxygens (including phenoxy) is 1. The van der Waals surface area contributed by atoms with E-state index in [2.05, 4.69) is 5.32 Å². The normalized spacial score (nSPS) is 16.4. The second kappa shape index (κ2) is 9.47. The molecule has 0 aliphatic carbocycles. The SMILES string of the molecule is Cc1ccc(NC(=O)[C@@H](c2ccc(Cl)cc2)C(C)C)cc1S(=O)(=O)N1CCOCC1. The summed E-state index contributed by atoms with van der Waals surface area (Å²) >= 11 is 5.98. The van der Waals surface area contributed by atoms with Crippen LogP contribution >= 0.6 is 11.6 Å². The van der Waals surface area contributed by atoms with Crippen molar-refractivity contribution in [3.63, 3.8) is 0 Å². The molecule has 6 nitrogen and oxygen atoms in total. The number of morpholine rings is 1. The second-order valence-electron chi connectivity index (χ2n) is 7.76. The van der Waals surface area contributed by atoms with Gasteiger partial charge in [-0.3, -0.25) is 4.79 Å². The standard InChI is InChI=1S/C22H27ClN2O4S/c1-15(2)21(17-5-7-18(23)8-6-17)22(26)24-19-9-4-16(3)20(14-19)30(27,28)25-10-12-29-13-11-25/h4-9,14-15,21H,10-13H2,1-3H3,(H,24,26)/t21-/m1/s1. The fourth-order valence-corrected chi connectivity index (χ4v) is 5.40. The van der Waals surface area contributed by atoms with Crippen molar-refractivity contribution in [2.24, 2.45) is 5.92 Å². The van der Waals surface area contributed by atoms with Crippen LogP contribution in [0.2, 0.25) is 5.02 Å². The number of nitrogens with zero attached hydrogens (tertiary/aromatic N) is 1. The summed E-state index contributed by atoms with van der Waals surface area (Å²) in [6.45, 7) is 7.11. The Hall–Kier alpha value is -1.93. The summed E-state index contributed by atoms with van der Waals surface area (Å²) in [5, 5.41) is 3.51. The molecule has 1 amide bonds. The molecule has 0 spiro atoms. The molecule has 1 atom stereocenters. The molecule has 0 saturated carbocycles. The number of hydrogen-bond acceptors (Lipinski definition) is 4.